The summed E-state index contributed by atoms with van der Waals surface area (Å²) < 4.78 is 11.3. The van der Waals surface area contributed by atoms with Crippen LogP contribution >= 0.6 is 0 Å². The molecule has 1 spiro atoms. The molecule has 1 saturated heterocycles. The van der Waals surface area contributed by atoms with Gasteiger partial charge in [0, 0.05) is 18.3 Å². The smallest absolute Gasteiger partial charge is 0.316 e. The van der Waals surface area contributed by atoms with E-state index in [1.807, 2.05) is 0 Å². The van der Waals surface area contributed by atoms with Gasteiger partial charge in [-0.3, -0.25) is 9.59 Å². The van der Waals surface area contributed by atoms with Crippen LogP contribution < -0.4 is 0 Å². The number of fused-ring (bicyclic) bond motifs is 2. The third-order valence-electron chi connectivity index (χ3n) is 9.11. The van der Waals surface area contributed by atoms with Crippen LogP contribution in [0.25, 0.3) is 0 Å². The molecule has 0 aromatic carbocycles. The highest BCUT2D eigenvalue weighted by molar-refractivity contribution is 5.81. The summed E-state index contributed by atoms with van der Waals surface area (Å²) in [7, 11) is 0. The minimum Gasteiger partial charge on any atom is -0.465 e. The fourth-order valence-corrected chi connectivity index (χ4v) is 8.26. The molecule has 1 N–H and O–H groups in total. The van der Waals surface area contributed by atoms with Gasteiger partial charge in [-0.2, -0.15) is 0 Å². The molecule has 0 aromatic heterocycles. The predicted molar refractivity (Wildman–Crippen MR) is 97.4 cm³/mol. The van der Waals surface area contributed by atoms with Crippen molar-refractivity contribution >= 4 is 11.9 Å². The van der Waals surface area contributed by atoms with Gasteiger partial charge in [0.2, 0.25) is 0 Å². The number of carbonyl (C=O) groups excluding carboxylic acids is 2. The van der Waals surface area contributed by atoms with Gasteiger partial charge in [0.1, 0.15) is 18.1 Å². The van der Waals surface area contributed by atoms with Gasteiger partial charge in [0.05, 0.1) is 6.10 Å². The zero-order valence-electron chi connectivity index (χ0n) is 16.3. The summed E-state index contributed by atoms with van der Waals surface area (Å²) in [5.41, 5.74) is 0.193. The summed E-state index contributed by atoms with van der Waals surface area (Å²) in [6.45, 7) is 8.08. The normalized spacial score (nSPS) is 52.8. The fourth-order valence-electron chi connectivity index (χ4n) is 8.26. The number of ether oxygens (including phenoxy) is 2. The lowest BCUT2D eigenvalue weighted by molar-refractivity contribution is -0.224. The number of carbonyl (C=O) groups is 2. The summed E-state index contributed by atoms with van der Waals surface area (Å²) in [4.78, 5) is 24.6. The fraction of sp³-hybridized carbons (Fsp3) is 0.818. The molecule has 0 amide bonds. The molecule has 8 atom stereocenters. The Kier molecular flexibility index (Phi) is 3.52. The standard InChI is InChI=1S/C22H30O5/c1-12-9-22-10-14(12)5-6-15(22)20(3)7-4-8-21(11-26-13(2)23)17(20)16(18(22)24)27-19(21)25/h14-18,24H,1,4-11H2,2-3H3. The number of aliphatic hydroxyl groups excluding tert-OH is 1. The Morgan fingerprint density at radius 1 is 1.37 bits per heavy atom. The molecule has 2 bridgehead atoms. The highest BCUT2D eigenvalue weighted by Gasteiger charge is 2.76. The lowest BCUT2D eigenvalue weighted by Gasteiger charge is -2.64. The highest BCUT2D eigenvalue weighted by Crippen LogP contribution is 2.74. The first-order valence-corrected chi connectivity index (χ1v) is 10.4. The molecule has 148 valence electrons. The second kappa shape index (κ2) is 5.37. The Labute approximate surface area is 160 Å². The Hall–Kier alpha value is -1.36. The highest BCUT2D eigenvalue weighted by atomic mass is 16.6. The van der Waals surface area contributed by atoms with E-state index in [4.69, 9.17) is 9.47 Å². The van der Waals surface area contributed by atoms with E-state index in [2.05, 4.69) is 13.5 Å². The van der Waals surface area contributed by atoms with Gasteiger partial charge in [-0.25, -0.2) is 0 Å². The van der Waals surface area contributed by atoms with Crippen LogP contribution in [0.5, 0.6) is 0 Å². The quantitative estimate of drug-likeness (QED) is 0.594. The van der Waals surface area contributed by atoms with E-state index in [-0.39, 0.29) is 35.3 Å². The average molecular weight is 374 g/mol. The first-order chi connectivity index (χ1) is 12.7. The molecule has 1 aliphatic heterocycles. The topological polar surface area (TPSA) is 72.8 Å². The molecule has 5 rings (SSSR count). The molecule has 1 heterocycles. The van der Waals surface area contributed by atoms with Crippen LogP contribution in [0.4, 0.5) is 0 Å². The number of rotatable bonds is 2. The molecule has 8 unspecified atom stereocenters. The van der Waals surface area contributed by atoms with E-state index < -0.39 is 17.6 Å². The van der Waals surface area contributed by atoms with E-state index in [0.717, 1.165) is 38.5 Å². The third-order valence-corrected chi connectivity index (χ3v) is 9.11. The van der Waals surface area contributed by atoms with Crippen molar-refractivity contribution in [2.75, 3.05) is 6.61 Å². The average Bonchev–Trinajstić information content (AvgIpc) is 3.05. The van der Waals surface area contributed by atoms with Crippen molar-refractivity contribution in [3.8, 4) is 0 Å². The maximum absolute atomic E-state index is 13.1. The molecule has 27 heavy (non-hydrogen) atoms. The molecule has 5 nitrogen and oxygen atoms in total. The zero-order chi connectivity index (χ0) is 19.2. The molecule has 5 aliphatic rings. The van der Waals surface area contributed by atoms with Gasteiger partial charge in [-0.1, -0.05) is 25.5 Å². The summed E-state index contributed by atoms with van der Waals surface area (Å²) in [5.74, 6) is 0.146. The van der Waals surface area contributed by atoms with Gasteiger partial charge in [0.15, 0.2) is 0 Å². The molecule has 4 saturated carbocycles. The van der Waals surface area contributed by atoms with Crippen LogP contribution in [0, 0.1) is 34.0 Å². The number of hydrogen-bond acceptors (Lipinski definition) is 5. The van der Waals surface area contributed by atoms with Crippen molar-refractivity contribution in [3.05, 3.63) is 12.2 Å². The van der Waals surface area contributed by atoms with Gasteiger partial charge < -0.3 is 14.6 Å². The van der Waals surface area contributed by atoms with Crippen molar-refractivity contribution < 1.29 is 24.2 Å². The Morgan fingerprint density at radius 3 is 2.89 bits per heavy atom. The van der Waals surface area contributed by atoms with E-state index in [9.17, 15) is 14.7 Å². The molecule has 5 fully saturated rings. The van der Waals surface area contributed by atoms with Crippen molar-refractivity contribution in [2.45, 2.75) is 71.0 Å². The molecular formula is C22H30O5. The van der Waals surface area contributed by atoms with E-state index in [1.165, 1.54) is 12.5 Å². The first kappa shape index (κ1) is 17.7. The van der Waals surface area contributed by atoms with Crippen LogP contribution in [0.1, 0.15) is 58.8 Å². The van der Waals surface area contributed by atoms with Gasteiger partial charge in [0.25, 0.3) is 0 Å². The minimum absolute atomic E-state index is 0.0793. The van der Waals surface area contributed by atoms with Crippen molar-refractivity contribution in [1.82, 2.24) is 0 Å². The Balaban J connectivity index is 1.62. The van der Waals surface area contributed by atoms with Crippen LogP contribution in [-0.2, 0) is 19.1 Å². The summed E-state index contributed by atoms with van der Waals surface area (Å²) >= 11 is 0. The Morgan fingerprint density at radius 2 is 2.15 bits per heavy atom. The molecule has 5 heteroatoms. The summed E-state index contributed by atoms with van der Waals surface area (Å²) in [5, 5.41) is 11.5. The SMILES string of the molecule is C=C1CC23CC1CCC2C1(C)CCCC2(COC(C)=O)C(=O)OC(C21)C3O. The number of esters is 2. The number of aliphatic hydroxyl groups is 1. The molecule has 0 aromatic rings. The molecule has 4 aliphatic carbocycles. The monoisotopic (exact) mass is 374 g/mol. The van der Waals surface area contributed by atoms with Gasteiger partial charge >= 0.3 is 11.9 Å². The second-order valence-electron chi connectivity index (χ2n) is 10.2. The van der Waals surface area contributed by atoms with Gasteiger partial charge in [-0.05, 0) is 55.8 Å². The number of allylic oxidation sites excluding steroid dienone is 1. The molecular weight excluding hydrogens is 344 g/mol. The third kappa shape index (κ3) is 1.99. The summed E-state index contributed by atoms with van der Waals surface area (Å²) in [6, 6.07) is 0. The largest absolute Gasteiger partial charge is 0.465 e. The van der Waals surface area contributed by atoms with Crippen LogP contribution in [0.3, 0.4) is 0 Å². The minimum atomic E-state index is -0.793. The van der Waals surface area contributed by atoms with E-state index in [0.29, 0.717) is 18.3 Å². The zero-order valence-corrected chi connectivity index (χ0v) is 16.3. The maximum atomic E-state index is 13.1. The lowest BCUT2D eigenvalue weighted by atomic mass is 9.40. The van der Waals surface area contributed by atoms with Crippen LogP contribution in [0.15, 0.2) is 12.2 Å². The first-order valence-electron chi connectivity index (χ1n) is 10.4. The van der Waals surface area contributed by atoms with Gasteiger partial charge in [-0.15, -0.1) is 0 Å². The van der Waals surface area contributed by atoms with E-state index in [1.54, 1.807) is 0 Å². The lowest BCUT2D eigenvalue weighted by Crippen LogP contribution is -2.66. The maximum Gasteiger partial charge on any atom is 0.316 e. The Bertz CT molecular complexity index is 730. The van der Waals surface area contributed by atoms with E-state index >= 15 is 0 Å². The van der Waals surface area contributed by atoms with Crippen LogP contribution in [0.2, 0.25) is 0 Å². The molecule has 0 radical (unpaired) electrons. The predicted octanol–water partition coefficient (Wildman–Crippen LogP) is 3.00. The van der Waals surface area contributed by atoms with Crippen LogP contribution in [-0.4, -0.2) is 35.9 Å². The number of hydrogen-bond donors (Lipinski definition) is 1. The second-order valence-corrected chi connectivity index (χ2v) is 10.2. The van der Waals surface area contributed by atoms with Crippen molar-refractivity contribution in [3.63, 3.8) is 0 Å². The van der Waals surface area contributed by atoms with Crippen molar-refractivity contribution in [1.29, 1.82) is 0 Å². The van der Waals surface area contributed by atoms with Crippen molar-refractivity contribution in [2.24, 2.45) is 34.0 Å². The summed E-state index contributed by atoms with van der Waals surface area (Å²) in [6.07, 6.45) is 5.57.